The molecule has 0 bridgehead atoms. The maximum Gasteiger partial charge on any atom is 0.242 e. The number of nitrogens with one attached hydrogen (secondary N) is 1. The van der Waals surface area contributed by atoms with E-state index in [1.807, 2.05) is 30.5 Å². The first kappa shape index (κ1) is 12.3. The third-order valence-corrected chi connectivity index (χ3v) is 2.88. The first-order chi connectivity index (χ1) is 8.63. The second-order valence-corrected chi connectivity index (χ2v) is 4.14. The first-order valence-corrected chi connectivity index (χ1v) is 5.81. The van der Waals surface area contributed by atoms with Crippen LogP contribution in [0.3, 0.4) is 0 Å². The number of carbonyl (C=O) groups is 1. The third kappa shape index (κ3) is 2.25. The summed E-state index contributed by atoms with van der Waals surface area (Å²) in [7, 11) is 1.63. The Bertz CT molecular complexity index is 544. The van der Waals surface area contributed by atoms with Crippen LogP contribution in [0.4, 0.5) is 0 Å². The van der Waals surface area contributed by atoms with Gasteiger partial charge in [-0.2, -0.15) is 0 Å². The van der Waals surface area contributed by atoms with Gasteiger partial charge in [0.1, 0.15) is 11.9 Å². The number of carbonyl (C=O) groups excluding carboxylic acids is 1. The lowest BCUT2D eigenvalue weighted by Gasteiger charge is -2.14. The van der Waals surface area contributed by atoms with Crippen molar-refractivity contribution in [1.29, 1.82) is 0 Å². The van der Waals surface area contributed by atoms with Gasteiger partial charge in [0.25, 0.3) is 0 Å². The number of rotatable bonds is 3. The summed E-state index contributed by atoms with van der Waals surface area (Å²) in [6.45, 7) is 3.77. The molecule has 0 spiro atoms. The van der Waals surface area contributed by atoms with E-state index in [-0.39, 0.29) is 11.9 Å². The molecule has 0 aliphatic carbocycles. The molecule has 0 saturated heterocycles. The molecule has 2 rings (SSSR count). The molecule has 1 amide bonds. The molecule has 5 heteroatoms. The number of hydrogen-bond acceptors (Lipinski definition) is 3. The minimum atomic E-state index is -0.297. The second kappa shape index (κ2) is 5.00. The highest BCUT2D eigenvalue weighted by molar-refractivity contribution is 5.80. The normalized spacial score (nSPS) is 12.2. The van der Waals surface area contributed by atoms with E-state index in [1.54, 1.807) is 25.6 Å². The standard InChI is InChI=1S/C13H16N4O/c1-9-4-5-11(8-16-9)12-15-6-7-17(12)10(2)13(18)14-3/h4-8,10H,1-3H3,(H,14,18). The predicted octanol–water partition coefficient (Wildman–Crippen LogP) is 1.56. The predicted molar refractivity (Wildman–Crippen MR) is 69.0 cm³/mol. The van der Waals surface area contributed by atoms with Crippen molar-refractivity contribution in [2.24, 2.45) is 0 Å². The van der Waals surface area contributed by atoms with Crippen molar-refractivity contribution in [2.75, 3.05) is 7.05 Å². The number of imidazole rings is 1. The summed E-state index contributed by atoms with van der Waals surface area (Å²) in [6.07, 6.45) is 5.26. The Balaban J connectivity index is 2.38. The van der Waals surface area contributed by atoms with E-state index in [4.69, 9.17) is 0 Å². The quantitative estimate of drug-likeness (QED) is 0.891. The number of aromatic nitrogens is 3. The number of amides is 1. The van der Waals surface area contributed by atoms with Gasteiger partial charge in [-0.3, -0.25) is 9.78 Å². The molecule has 0 aliphatic heterocycles. The van der Waals surface area contributed by atoms with Gasteiger partial charge in [0.05, 0.1) is 0 Å². The van der Waals surface area contributed by atoms with Crippen LogP contribution in [0.2, 0.25) is 0 Å². The Labute approximate surface area is 106 Å². The van der Waals surface area contributed by atoms with Crippen LogP contribution in [-0.2, 0) is 4.79 Å². The summed E-state index contributed by atoms with van der Waals surface area (Å²) < 4.78 is 1.84. The van der Waals surface area contributed by atoms with Crippen LogP contribution in [-0.4, -0.2) is 27.5 Å². The number of aryl methyl sites for hydroxylation is 1. The zero-order valence-electron chi connectivity index (χ0n) is 10.7. The van der Waals surface area contributed by atoms with E-state index < -0.39 is 0 Å². The highest BCUT2D eigenvalue weighted by atomic mass is 16.2. The van der Waals surface area contributed by atoms with Crippen LogP contribution in [0.15, 0.2) is 30.7 Å². The Morgan fingerprint density at radius 3 is 2.78 bits per heavy atom. The highest BCUT2D eigenvalue weighted by Crippen LogP contribution is 2.20. The molecule has 5 nitrogen and oxygen atoms in total. The summed E-state index contributed by atoms with van der Waals surface area (Å²) in [5.41, 5.74) is 1.86. The molecule has 0 fully saturated rings. The molecule has 1 N–H and O–H groups in total. The van der Waals surface area contributed by atoms with Gasteiger partial charge in [0.15, 0.2) is 0 Å². The molecule has 0 saturated carbocycles. The van der Waals surface area contributed by atoms with E-state index in [1.165, 1.54) is 0 Å². The Morgan fingerprint density at radius 1 is 1.39 bits per heavy atom. The third-order valence-electron chi connectivity index (χ3n) is 2.88. The number of nitrogens with zero attached hydrogens (tertiary/aromatic N) is 3. The number of likely N-dealkylation sites (N-methyl/N-ethyl adjacent to an activating group) is 1. The van der Waals surface area contributed by atoms with Gasteiger partial charge in [0, 0.05) is 36.9 Å². The van der Waals surface area contributed by atoms with Crippen LogP contribution < -0.4 is 5.32 Å². The van der Waals surface area contributed by atoms with E-state index in [2.05, 4.69) is 15.3 Å². The second-order valence-electron chi connectivity index (χ2n) is 4.14. The summed E-state index contributed by atoms with van der Waals surface area (Å²) in [6, 6.07) is 3.59. The minimum absolute atomic E-state index is 0.0469. The molecule has 1 atom stereocenters. The molecule has 18 heavy (non-hydrogen) atoms. The molecule has 1 unspecified atom stereocenters. The van der Waals surface area contributed by atoms with Crippen molar-refractivity contribution in [3.05, 3.63) is 36.4 Å². The van der Waals surface area contributed by atoms with Crippen molar-refractivity contribution >= 4 is 5.91 Å². The van der Waals surface area contributed by atoms with Crippen molar-refractivity contribution in [2.45, 2.75) is 19.9 Å². The van der Waals surface area contributed by atoms with Crippen LogP contribution in [0, 0.1) is 6.92 Å². The maximum atomic E-state index is 11.7. The summed E-state index contributed by atoms with van der Waals surface area (Å²) in [4.78, 5) is 20.2. The van der Waals surface area contributed by atoms with Gasteiger partial charge in [-0.25, -0.2) is 4.98 Å². The summed E-state index contributed by atoms with van der Waals surface area (Å²) in [5.74, 6) is 0.702. The van der Waals surface area contributed by atoms with Gasteiger partial charge < -0.3 is 9.88 Å². The Hall–Kier alpha value is -2.17. The SMILES string of the molecule is CNC(=O)C(C)n1ccnc1-c1ccc(C)nc1. The Morgan fingerprint density at radius 2 is 2.17 bits per heavy atom. The highest BCUT2D eigenvalue weighted by Gasteiger charge is 2.17. The van der Waals surface area contributed by atoms with E-state index >= 15 is 0 Å². The molecule has 2 aromatic heterocycles. The van der Waals surface area contributed by atoms with E-state index in [0.717, 1.165) is 17.1 Å². The van der Waals surface area contributed by atoms with Crippen LogP contribution in [0.25, 0.3) is 11.4 Å². The maximum absolute atomic E-state index is 11.7. The topological polar surface area (TPSA) is 59.8 Å². The van der Waals surface area contributed by atoms with Crippen molar-refractivity contribution in [3.8, 4) is 11.4 Å². The lowest BCUT2D eigenvalue weighted by atomic mass is 10.2. The zero-order valence-corrected chi connectivity index (χ0v) is 10.7. The zero-order chi connectivity index (χ0) is 13.1. The van der Waals surface area contributed by atoms with Gasteiger partial charge in [-0.05, 0) is 26.0 Å². The molecule has 2 aromatic rings. The Kier molecular flexibility index (Phi) is 3.41. The summed E-state index contributed by atoms with van der Waals surface area (Å²) >= 11 is 0. The average Bonchev–Trinajstić information content (AvgIpc) is 2.87. The van der Waals surface area contributed by atoms with Crippen LogP contribution >= 0.6 is 0 Å². The first-order valence-electron chi connectivity index (χ1n) is 5.81. The van der Waals surface area contributed by atoms with Crippen LogP contribution in [0.5, 0.6) is 0 Å². The molecule has 0 radical (unpaired) electrons. The lowest BCUT2D eigenvalue weighted by Crippen LogP contribution is -2.27. The largest absolute Gasteiger partial charge is 0.357 e. The molecule has 94 valence electrons. The molecule has 0 aromatic carbocycles. The van der Waals surface area contributed by atoms with Crippen LogP contribution in [0.1, 0.15) is 18.7 Å². The van der Waals surface area contributed by atoms with Crippen molar-refractivity contribution in [3.63, 3.8) is 0 Å². The molecule has 2 heterocycles. The van der Waals surface area contributed by atoms with Gasteiger partial charge >= 0.3 is 0 Å². The number of hydrogen-bond donors (Lipinski definition) is 1. The monoisotopic (exact) mass is 244 g/mol. The lowest BCUT2D eigenvalue weighted by molar-refractivity contribution is -0.123. The fourth-order valence-electron chi connectivity index (χ4n) is 1.78. The fourth-order valence-corrected chi connectivity index (χ4v) is 1.78. The minimum Gasteiger partial charge on any atom is -0.357 e. The average molecular weight is 244 g/mol. The number of pyridine rings is 1. The van der Waals surface area contributed by atoms with Gasteiger partial charge in [0.2, 0.25) is 5.91 Å². The van der Waals surface area contributed by atoms with E-state index in [0.29, 0.717) is 0 Å². The summed E-state index contributed by atoms with van der Waals surface area (Å²) in [5, 5.41) is 2.64. The van der Waals surface area contributed by atoms with Gasteiger partial charge in [-0.15, -0.1) is 0 Å². The van der Waals surface area contributed by atoms with E-state index in [9.17, 15) is 4.79 Å². The smallest absolute Gasteiger partial charge is 0.242 e. The van der Waals surface area contributed by atoms with Gasteiger partial charge in [-0.1, -0.05) is 0 Å². The molecular weight excluding hydrogens is 228 g/mol. The van der Waals surface area contributed by atoms with Crippen molar-refractivity contribution in [1.82, 2.24) is 19.9 Å². The molecular formula is C13H16N4O. The van der Waals surface area contributed by atoms with Crippen molar-refractivity contribution < 1.29 is 4.79 Å². The molecule has 0 aliphatic rings. The fraction of sp³-hybridized carbons (Fsp3) is 0.308.